The van der Waals surface area contributed by atoms with Crippen LogP contribution in [0.3, 0.4) is 0 Å². The molecule has 0 aliphatic carbocycles. The number of nitrogens with zero attached hydrogens (tertiary/aromatic N) is 5. The summed E-state index contributed by atoms with van der Waals surface area (Å²) in [6, 6.07) is 61.6. The fourth-order valence-corrected chi connectivity index (χ4v) is 6.50. The Hall–Kier alpha value is -5.42. The van der Waals surface area contributed by atoms with Crippen LogP contribution in [0.5, 0.6) is 0 Å². The van der Waals surface area contributed by atoms with Gasteiger partial charge < -0.3 is 24.6 Å². The van der Waals surface area contributed by atoms with E-state index >= 15 is 0 Å². The van der Waals surface area contributed by atoms with E-state index in [1.165, 1.54) is 33.5 Å². The zero-order chi connectivity index (χ0) is 33.5. The normalized spacial score (nSPS) is 12.9. The van der Waals surface area contributed by atoms with Gasteiger partial charge in [0.2, 0.25) is 0 Å². The third kappa shape index (κ3) is 7.53. The molecule has 1 radical (unpaired) electrons. The molecular formula is C45H36IrN5-5. The van der Waals surface area contributed by atoms with Crippen molar-refractivity contribution < 1.29 is 20.1 Å². The Morgan fingerprint density at radius 2 is 0.961 bits per heavy atom. The van der Waals surface area contributed by atoms with Gasteiger partial charge in [-0.05, 0) is 66.7 Å². The van der Waals surface area contributed by atoms with Crippen molar-refractivity contribution in [1.82, 2.24) is 4.98 Å². The average Bonchev–Trinajstić information content (AvgIpc) is 3.76. The molecule has 51 heavy (non-hydrogen) atoms. The van der Waals surface area contributed by atoms with Crippen molar-refractivity contribution in [3.63, 3.8) is 0 Å². The number of pyridine rings is 1. The van der Waals surface area contributed by atoms with E-state index < -0.39 is 0 Å². The zero-order valence-corrected chi connectivity index (χ0v) is 30.5. The molecule has 0 amide bonds. The summed E-state index contributed by atoms with van der Waals surface area (Å²) < 4.78 is 0. The first kappa shape index (κ1) is 34.0. The third-order valence-corrected chi connectivity index (χ3v) is 8.98. The summed E-state index contributed by atoms with van der Waals surface area (Å²) in [7, 11) is 0. The molecule has 7 aromatic rings. The monoisotopic (exact) mass is 839 g/mol. The number of fused-ring (bicyclic) bond motifs is 3. The number of hydrogen-bond acceptors (Lipinski definition) is 5. The Kier molecular flexibility index (Phi) is 10.7. The predicted molar refractivity (Wildman–Crippen MR) is 206 cm³/mol. The molecule has 1 aromatic heterocycles. The summed E-state index contributed by atoms with van der Waals surface area (Å²) in [6.45, 7) is 6.37. The van der Waals surface area contributed by atoms with Gasteiger partial charge >= 0.3 is 0 Å². The smallest absolute Gasteiger partial charge is 0.0326 e. The number of para-hydroxylation sites is 6. The van der Waals surface area contributed by atoms with Gasteiger partial charge in [0.25, 0.3) is 0 Å². The van der Waals surface area contributed by atoms with Gasteiger partial charge in [0.1, 0.15) is 0 Å². The SMILES string of the molecule is [Ir].[c-]1ccccc1-c1cc2ccccc2cn1.[c-]1ccccc1N1[CH-]N(CCCCN2[CH-]N(c3[c-]cccc3)c3ccccc32)c2ccccc21. The minimum atomic E-state index is 0. The standard InChI is InChI=1S/C30H26N4.C15H10N.Ir/c1-3-13-25(14-4-1)33-23-31(27-17-7-9-19-29(27)33)21-11-12-22-32-24-34(26-15-5-2-6-16-26)30-20-10-8-18-28(30)32;1-2-6-12(7-3-1)15-10-13-8-4-5-9-14(13)11-16-15;/h1-10,13,15,17-20,23-24H,11-12,21-22H2;1-6,8-11H;/q-4;-1;. The van der Waals surface area contributed by atoms with Crippen LogP contribution < -0.4 is 19.6 Å². The summed E-state index contributed by atoms with van der Waals surface area (Å²) in [5.41, 5.74) is 9.07. The molecule has 2 aliphatic heterocycles. The predicted octanol–water partition coefficient (Wildman–Crippen LogP) is 10.6. The Labute approximate surface area is 314 Å². The summed E-state index contributed by atoms with van der Waals surface area (Å²) in [5, 5.41) is 2.38. The van der Waals surface area contributed by atoms with E-state index in [2.05, 4.69) is 147 Å². The quantitative estimate of drug-likeness (QED) is 0.112. The minimum Gasteiger partial charge on any atom is -0.501 e. The maximum atomic E-state index is 4.45. The first-order valence-corrected chi connectivity index (χ1v) is 17.1. The average molecular weight is 839 g/mol. The number of hydrogen-bond donors (Lipinski definition) is 0. The molecular weight excluding hydrogens is 803 g/mol. The molecule has 0 atom stereocenters. The molecule has 0 bridgehead atoms. The molecule has 0 unspecified atom stereocenters. The molecule has 9 rings (SSSR count). The van der Waals surface area contributed by atoms with Crippen molar-refractivity contribution in [1.29, 1.82) is 0 Å². The van der Waals surface area contributed by atoms with Crippen LogP contribution in [0.4, 0.5) is 34.1 Å². The van der Waals surface area contributed by atoms with E-state index in [4.69, 9.17) is 0 Å². The zero-order valence-electron chi connectivity index (χ0n) is 28.1. The first-order chi connectivity index (χ1) is 24.8. The van der Waals surface area contributed by atoms with Crippen LogP contribution in [-0.4, -0.2) is 18.1 Å². The van der Waals surface area contributed by atoms with Gasteiger partial charge in [-0.3, -0.25) is 0 Å². The Morgan fingerprint density at radius 1 is 0.490 bits per heavy atom. The van der Waals surface area contributed by atoms with Gasteiger partial charge in [-0.1, -0.05) is 54.6 Å². The van der Waals surface area contributed by atoms with Crippen molar-refractivity contribution in [2.24, 2.45) is 0 Å². The van der Waals surface area contributed by atoms with Crippen molar-refractivity contribution in [3.8, 4) is 11.3 Å². The van der Waals surface area contributed by atoms with Gasteiger partial charge in [-0.15, -0.1) is 47.3 Å². The second-order valence-electron chi connectivity index (χ2n) is 12.2. The van der Waals surface area contributed by atoms with Crippen molar-refractivity contribution in [2.45, 2.75) is 12.8 Å². The van der Waals surface area contributed by atoms with E-state index in [0.717, 1.165) is 48.6 Å². The summed E-state index contributed by atoms with van der Waals surface area (Å²) >= 11 is 0. The Bertz CT molecular complexity index is 2060. The second kappa shape index (κ2) is 16.1. The van der Waals surface area contributed by atoms with E-state index in [1.807, 2.05) is 66.9 Å². The van der Waals surface area contributed by atoms with Gasteiger partial charge in [0, 0.05) is 49.1 Å². The van der Waals surface area contributed by atoms with Crippen LogP contribution in [0.1, 0.15) is 12.8 Å². The van der Waals surface area contributed by atoms with Crippen molar-refractivity contribution >= 4 is 44.9 Å². The molecule has 255 valence electrons. The van der Waals surface area contributed by atoms with Crippen LogP contribution in [0.15, 0.2) is 158 Å². The van der Waals surface area contributed by atoms with Crippen molar-refractivity contribution in [2.75, 3.05) is 32.7 Å². The van der Waals surface area contributed by atoms with E-state index in [-0.39, 0.29) is 20.1 Å². The Balaban J connectivity index is 0.000000200. The van der Waals surface area contributed by atoms with E-state index in [9.17, 15) is 0 Å². The van der Waals surface area contributed by atoms with E-state index in [1.54, 1.807) is 0 Å². The molecule has 6 aromatic carbocycles. The summed E-state index contributed by atoms with van der Waals surface area (Å²) in [5.74, 6) is 0. The molecule has 5 nitrogen and oxygen atoms in total. The molecule has 0 fully saturated rings. The third-order valence-electron chi connectivity index (χ3n) is 8.98. The van der Waals surface area contributed by atoms with Crippen molar-refractivity contribution in [3.05, 3.63) is 189 Å². The second-order valence-corrected chi connectivity index (χ2v) is 12.2. The number of unbranched alkanes of at least 4 members (excludes halogenated alkanes) is 1. The first-order valence-electron chi connectivity index (χ1n) is 17.1. The number of benzene rings is 6. The largest absolute Gasteiger partial charge is 0.501 e. The van der Waals surface area contributed by atoms with Crippen LogP contribution in [0.2, 0.25) is 0 Å². The van der Waals surface area contributed by atoms with Crippen LogP contribution in [-0.2, 0) is 20.1 Å². The van der Waals surface area contributed by atoms with Gasteiger partial charge in [0.05, 0.1) is 0 Å². The molecule has 0 N–H and O–H groups in total. The van der Waals surface area contributed by atoms with Gasteiger partial charge in [0.15, 0.2) is 0 Å². The van der Waals surface area contributed by atoms with E-state index in [0.29, 0.717) is 0 Å². The minimum absolute atomic E-state index is 0. The van der Waals surface area contributed by atoms with Gasteiger partial charge in [-0.25, -0.2) is 0 Å². The summed E-state index contributed by atoms with van der Waals surface area (Å²) in [6.07, 6.45) is 4.10. The maximum absolute atomic E-state index is 4.45. The van der Waals surface area contributed by atoms with Crippen LogP contribution in [0, 0.1) is 31.5 Å². The number of anilines is 6. The number of aromatic nitrogens is 1. The molecule has 0 spiro atoms. The summed E-state index contributed by atoms with van der Waals surface area (Å²) in [4.78, 5) is 13.6. The van der Waals surface area contributed by atoms with Crippen LogP contribution >= 0.6 is 0 Å². The molecule has 6 heteroatoms. The fraction of sp³-hybridized carbons (Fsp3) is 0.0889. The number of rotatable bonds is 8. The molecule has 3 heterocycles. The fourth-order valence-electron chi connectivity index (χ4n) is 6.50. The topological polar surface area (TPSA) is 25.9 Å². The Morgan fingerprint density at radius 3 is 1.47 bits per heavy atom. The molecule has 0 saturated carbocycles. The molecule has 2 aliphatic rings. The maximum Gasteiger partial charge on any atom is 0.0326 e. The molecule has 0 saturated heterocycles. The van der Waals surface area contributed by atoms with Gasteiger partial charge in [-0.2, -0.15) is 74.0 Å². The van der Waals surface area contributed by atoms with Crippen LogP contribution in [0.25, 0.3) is 22.0 Å².